The summed E-state index contributed by atoms with van der Waals surface area (Å²) in [5, 5.41) is 2.68. The van der Waals surface area contributed by atoms with Crippen molar-refractivity contribution in [3.63, 3.8) is 0 Å². The average molecular weight is 493 g/mol. The average Bonchev–Trinajstić information content (AvgIpc) is 3.33. The number of nitrogens with one attached hydrogen (secondary N) is 2. The van der Waals surface area contributed by atoms with Gasteiger partial charge in [0.1, 0.15) is 18.1 Å². The fourth-order valence-electron chi connectivity index (χ4n) is 3.12. The summed E-state index contributed by atoms with van der Waals surface area (Å²) in [7, 11) is -3.86. The molecule has 0 fully saturated rings. The van der Waals surface area contributed by atoms with Crippen LogP contribution in [0.1, 0.15) is 41.6 Å². The lowest BCUT2D eigenvalue weighted by atomic mass is 10.0. The molecule has 0 radical (unpaired) electrons. The number of anilines is 2. The second kappa shape index (κ2) is 10.4. The Morgan fingerprint density at radius 1 is 0.971 bits per heavy atom. The lowest BCUT2D eigenvalue weighted by Gasteiger charge is -2.08. The summed E-state index contributed by atoms with van der Waals surface area (Å²) in [4.78, 5) is 20.2. The molecule has 180 valence electrons. The van der Waals surface area contributed by atoms with Crippen molar-refractivity contribution in [1.82, 2.24) is 9.97 Å². The minimum absolute atomic E-state index is 0.00168. The third-order valence-corrected chi connectivity index (χ3v) is 6.37. The van der Waals surface area contributed by atoms with Crippen LogP contribution < -0.4 is 14.8 Å². The SMILES string of the molecule is CC(C)c1ccc(OCc2ccc(C(=O)Nc3ccc(S(=O)(=O)Nc4ncccn4)cc3)o2)cc1. The molecule has 0 atom stereocenters. The maximum Gasteiger partial charge on any atom is 0.291 e. The zero-order valence-corrected chi connectivity index (χ0v) is 20.0. The van der Waals surface area contributed by atoms with Crippen LogP contribution >= 0.6 is 0 Å². The molecule has 2 aromatic heterocycles. The predicted octanol–water partition coefficient (Wildman–Crippen LogP) is 4.83. The quantitative estimate of drug-likeness (QED) is 0.343. The highest BCUT2D eigenvalue weighted by Gasteiger charge is 2.17. The fraction of sp³-hybridized carbons (Fsp3) is 0.160. The van der Waals surface area contributed by atoms with Crippen LogP contribution in [0, 0.1) is 0 Å². The predicted molar refractivity (Wildman–Crippen MR) is 131 cm³/mol. The van der Waals surface area contributed by atoms with E-state index in [1.165, 1.54) is 42.2 Å². The molecule has 0 saturated heterocycles. The van der Waals surface area contributed by atoms with Crippen LogP contribution in [0.2, 0.25) is 0 Å². The van der Waals surface area contributed by atoms with E-state index < -0.39 is 15.9 Å². The molecule has 2 aromatic carbocycles. The van der Waals surface area contributed by atoms with Gasteiger partial charge in [0.05, 0.1) is 4.90 Å². The minimum atomic E-state index is -3.86. The third-order valence-electron chi connectivity index (χ3n) is 5.03. The van der Waals surface area contributed by atoms with Crippen molar-refractivity contribution in [2.24, 2.45) is 0 Å². The molecule has 0 aliphatic rings. The summed E-state index contributed by atoms with van der Waals surface area (Å²) < 4.78 is 38.5. The van der Waals surface area contributed by atoms with Crippen molar-refractivity contribution < 1.29 is 22.4 Å². The molecule has 0 bridgehead atoms. The molecule has 2 N–H and O–H groups in total. The molecule has 0 saturated carbocycles. The Bertz CT molecular complexity index is 1380. The molecule has 9 nitrogen and oxygen atoms in total. The minimum Gasteiger partial charge on any atom is -0.486 e. The molecule has 0 aliphatic heterocycles. The van der Waals surface area contributed by atoms with Crippen LogP contribution in [0.15, 0.2) is 88.4 Å². The number of carbonyl (C=O) groups excluding carboxylic acids is 1. The first-order valence-corrected chi connectivity index (χ1v) is 12.3. The maximum atomic E-state index is 12.5. The monoisotopic (exact) mass is 492 g/mol. The van der Waals surface area contributed by atoms with Crippen molar-refractivity contribution in [2.75, 3.05) is 10.0 Å². The summed E-state index contributed by atoms with van der Waals surface area (Å²) in [6, 6.07) is 18.3. The third kappa shape index (κ3) is 6.24. The van der Waals surface area contributed by atoms with Crippen LogP contribution in [-0.4, -0.2) is 24.3 Å². The number of amides is 1. The number of furan rings is 1. The highest BCUT2D eigenvalue weighted by atomic mass is 32.2. The van der Waals surface area contributed by atoms with Crippen molar-refractivity contribution in [2.45, 2.75) is 31.3 Å². The number of rotatable bonds is 9. The molecule has 1 amide bonds. The second-order valence-electron chi connectivity index (χ2n) is 7.93. The van der Waals surface area contributed by atoms with E-state index in [4.69, 9.17) is 9.15 Å². The number of aromatic nitrogens is 2. The number of sulfonamides is 1. The number of carbonyl (C=O) groups is 1. The zero-order valence-electron chi connectivity index (χ0n) is 19.1. The van der Waals surface area contributed by atoms with E-state index in [9.17, 15) is 13.2 Å². The Balaban J connectivity index is 1.33. The second-order valence-corrected chi connectivity index (χ2v) is 9.62. The van der Waals surface area contributed by atoms with Crippen molar-refractivity contribution >= 4 is 27.6 Å². The van der Waals surface area contributed by atoms with Gasteiger partial charge in [-0.3, -0.25) is 4.79 Å². The van der Waals surface area contributed by atoms with E-state index >= 15 is 0 Å². The van der Waals surface area contributed by atoms with E-state index in [2.05, 4.69) is 33.9 Å². The number of hydrogen-bond donors (Lipinski definition) is 2. The van der Waals surface area contributed by atoms with E-state index in [1.807, 2.05) is 24.3 Å². The first-order valence-electron chi connectivity index (χ1n) is 10.8. The number of hydrogen-bond acceptors (Lipinski definition) is 7. The Morgan fingerprint density at radius 3 is 2.31 bits per heavy atom. The number of ether oxygens (including phenoxy) is 1. The normalized spacial score (nSPS) is 11.3. The van der Waals surface area contributed by atoms with E-state index in [0.29, 0.717) is 23.1 Å². The van der Waals surface area contributed by atoms with Crippen LogP contribution in [0.4, 0.5) is 11.6 Å². The molecule has 0 aliphatic carbocycles. The molecule has 4 aromatic rings. The van der Waals surface area contributed by atoms with Gasteiger partial charge in [-0.25, -0.2) is 23.1 Å². The molecular formula is C25H24N4O5S. The molecule has 10 heteroatoms. The Morgan fingerprint density at radius 2 is 1.66 bits per heavy atom. The Hall–Kier alpha value is -4.18. The molecule has 35 heavy (non-hydrogen) atoms. The summed E-state index contributed by atoms with van der Waals surface area (Å²) in [5.74, 6) is 1.26. The Kier molecular flexibility index (Phi) is 7.11. The van der Waals surface area contributed by atoms with Crippen molar-refractivity contribution in [3.8, 4) is 5.75 Å². The van der Waals surface area contributed by atoms with Gasteiger partial charge in [-0.05, 0) is 66.1 Å². The van der Waals surface area contributed by atoms with Gasteiger partial charge in [0.25, 0.3) is 15.9 Å². The summed E-state index contributed by atoms with van der Waals surface area (Å²) >= 11 is 0. The van der Waals surface area contributed by atoms with Gasteiger partial charge in [0, 0.05) is 18.1 Å². The standard InChI is InChI=1S/C25H24N4O5S/c1-17(2)18-4-8-20(9-5-18)33-16-21-10-13-23(34-21)24(30)28-19-6-11-22(12-7-19)35(31,32)29-25-26-14-3-15-27-25/h3-15,17H,16H2,1-2H3,(H,28,30)(H,26,27,29). The highest BCUT2D eigenvalue weighted by molar-refractivity contribution is 7.92. The van der Waals surface area contributed by atoms with Gasteiger partial charge in [0.2, 0.25) is 5.95 Å². The number of nitrogens with zero attached hydrogens (tertiary/aromatic N) is 2. The van der Waals surface area contributed by atoms with E-state index in [1.54, 1.807) is 18.2 Å². The van der Waals surface area contributed by atoms with Gasteiger partial charge >= 0.3 is 0 Å². The molecule has 0 unspecified atom stereocenters. The number of benzene rings is 2. The summed E-state index contributed by atoms with van der Waals surface area (Å²) in [6.45, 7) is 4.43. The zero-order chi connectivity index (χ0) is 24.8. The molecular weight excluding hydrogens is 468 g/mol. The van der Waals surface area contributed by atoms with Gasteiger partial charge in [-0.2, -0.15) is 0 Å². The molecule has 2 heterocycles. The van der Waals surface area contributed by atoms with Crippen LogP contribution in [0.5, 0.6) is 5.75 Å². The first-order chi connectivity index (χ1) is 16.8. The van der Waals surface area contributed by atoms with E-state index in [-0.39, 0.29) is 23.2 Å². The first kappa shape index (κ1) is 24.0. The van der Waals surface area contributed by atoms with Crippen molar-refractivity contribution in [3.05, 3.63) is 96.2 Å². The molecule has 0 spiro atoms. The van der Waals surface area contributed by atoms with Gasteiger partial charge in [-0.1, -0.05) is 26.0 Å². The fourth-order valence-corrected chi connectivity index (χ4v) is 4.08. The van der Waals surface area contributed by atoms with Crippen molar-refractivity contribution in [1.29, 1.82) is 0 Å². The van der Waals surface area contributed by atoms with E-state index in [0.717, 1.165) is 0 Å². The van der Waals surface area contributed by atoms with Gasteiger partial charge in [-0.15, -0.1) is 0 Å². The Labute approximate surface area is 203 Å². The smallest absolute Gasteiger partial charge is 0.291 e. The largest absolute Gasteiger partial charge is 0.486 e. The van der Waals surface area contributed by atoms with Crippen LogP contribution in [0.3, 0.4) is 0 Å². The van der Waals surface area contributed by atoms with Crippen LogP contribution in [0.25, 0.3) is 0 Å². The molecule has 4 rings (SSSR count). The summed E-state index contributed by atoms with van der Waals surface area (Å²) in [5.41, 5.74) is 1.63. The maximum absolute atomic E-state index is 12.5. The van der Waals surface area contributed by atoms with Gasteiger partial charge in [0.15, 0.2) is 5.76 Å². The topological polar surface area (TPSA) is 123 Å². The lowest BCUT2D eigenvalue weighted by molar-refractivity contribution is 0.0992. The van der Waals surface area contributed by atoms with Gasteiger partial charge < -0.3 is 14.5 Å². The summed E-state index contributed by atoms with van der Waals surface area (Å²) in [6.07, 6.45) is 2.86. The highest BCUT2D eigenvalue weighted by Crippen LogP contribution is 2.21. The lowest BCUT2D eigenvalue weighted by Crippen LogP contribution is -2.15. The van der Waals surface area contributed by atoms with Crippen LogP contribution in [-0.2, 0) is 16.6 Å².